The fourth-order valence-electron chi connectivity index (χ4n) is 5.03. The Balaban J connectivity index is 1.43. The highest BCUT2D eigenvalue weighted by molar-refractivity contribution is 5.95. The zero-order valence-corrected chi connectivity index (χ0v) is 20.5. The van der Waals surface area contributed by atoms with Crippen molar-refractivity contribution >= 4 is 23.4 Å². The first-order chi connectivity index (χ1) is 15.9. The Kier molecular flexibility index (Phi) is 9.30. The van der Waals surface area contributed by atoms with E-state index in [1.165, 1.54) is 37.0 Å². The van der Waals surface area contributed by atoms with Crippen LogP contribution in [0.2, 0.25) is 0 Å². The van der Waals surface area contributed by atoms with Crippen molar-refractivity contribution in [3.05, 3.63) is 29.8 Å². The molecule has 33 heavy (non-hydrogen) atoms. The SMILES string of the molecule is CCc1ccccc1NC(=O)CN(C)C(=O)C(C)N1CCN(C(=O)CC2CCCCC2)CC1. The second-order valence-electron chi connectivity index (χ2n) is 9.55. The molecule has 1 aliphatic heterocycles. The molecule has 1 saturated carbocycles. The summed E-state index contributed by atoms with van der Waals surface area (Å²) in [7, 11) is 1.67. The number of piperazine rings is 1. The largest absolute Gasteiger partial charge is 0.340 e. The number of hydrogen-bond acceptors (Lipinski definition) is 4. The number of rotatable bonds is 8. The van der Waals surface area contributed by atoms with Crippen LogP contribution >= 0.6 is 0 Å². The Labute approximate surface area is 198 Å². The number of carbonyl (C=O) groups is 3. The van der Waals surface area contributed by atoms with Crippen LogP contribution in [0.1, 0.15) is 57.9 Å². The number of carbonyl (C=O) groups excluding carboxylic acids is 3. The first-order valence-corrected chi connectivity index (χ1v) is 12.5. The number of aryl methyl sites for hydroxylation is 1. The van der Waals surface area contributed by atoms with Crippen LogP contribution in [0.3, 0.4) is 0 Å². The number of hydrogen-bond donors (Lipinski definition) is 1. The van der Waals surface area contributed by atoms with Crippen LogP contribution in [0, 0.1) is 5.92 Å². The summed E-state index contributed by atoms with van der Waals surface area (Å²) in [6, 6.07) is 7.41. The second kappa shape index (κ2) is 12.2. The highest BCUT2D eigenvalue weighted by atomic mass is 16.2. The molecule has 0 radical (unpaired) electrons. The molecule has 1 unspecified atom stereocenters. The van der Waals surface area contributed by atoms with Crippen LogP contribution in [-0.4, -0.2) is 78.2 Å². The maximum atomic E-state index is 13.0. The van der Waals surface area contributed by atoms with Gasteiger partial charge in [0.1, 0.15) is 0 Å². The minimum absolute atomic E-state index is 0.0149. The third-order valence-electron chi connectivity index (χ3n) is 7.19. The van der Waals surface area contributed by atoms with E-state index < -0.39 is 0 Å². The van der Waals surface area contributed by atoms with Gasteiger partial charge in [-0.15, -0.1) is 0 Å². The molecule has 1 atom stereocenters. The third kappa shape index (κ3) is 7.03. The van der Waals surface area contributed by atoms with Gasteiger partial charge in [0.2, 0.25) is 17.7 Å². The van der Waals surface area contributed by atoms with Crippen molar-refractivity contribution in [2.45, 2.75) is 64.8 Å². The van der Waals surface area contributed by atoms with Crippen LogP contribution in [0.25, 0.3) is 0 Å². The fourth-order valence-corrected chi connectivity index (χ4v) is 5.03. The number of benzene rings is 1. The van der Waals surface area contributed by atoms with E-state index in [4.69, 9.17) is 0 Å². The van der Waals surface area contributed by atoms with Crippen LogP contribution < -0.4 is 5.32 Å². The first-order valence-electron chi connectivity index (χ1n) is 12.5. The monoisotopic (exact) mass is 456 g/mol. The topological polar surface area (TPSA) is 73.0 Å². The van der Waals surface area contributed by atoms with Gasteiger partial charge < -0.3 is 15.1 Å². The van der Waals surface area contributed by atoms with Crippen molar-refractivity contribution in [1.82, 2.24) is 14.7 Å². The van der Waals surface area contributed by atoms with Crippen molar-refractivity contribution < 1.29 is 14.4 Å². The molecule has 1 aliphatic carbocycles. The normalized spacial score (nSPS) is 18.6. The van der Waals surface area contributed by atoms with Gasteiger partial charge in [-0.2, -0.15) is 0 Å². The maximum Gasteiger partial charge on any atom is 0.243 e. The molecule has 3 rings (SSSR count). The molecule has 2 aliphatic rings. The predicted octanol–water partition coefficient (Wildman–Crippen LogP) is 3.15. The number of amides is 3. The molecular weight excluding hydrogens is 416 g/mol. The molecule has 182 valence electrons. The van der Waals surface area contributed by atoms with Crippen molar-refractivity contribution in [1.29, 1.82) is 0 Å². The summed E-state index contributed by atoms with van der Waals surface area (Å²) in [6.45, 7) is 6.66. The Morgan fingerprint density at radius 1 is 1.06 bits per heavy atom. The van der Waals surface area contributed by atoms with E-state index in [1.54, 1.807) is 7.05 Å². The number of nitrogens with zero attached hydrogens (tertiary/aromatic N) is 3. The standard InChI is InChI=1S/C26H40N4O3/c1-4-22-12-8-9-13-23(22)27-24(31)19-28(3)26(33)20(2)29-14-16-30(17-15-29)25(32)18-21-10-6-5-7-11-21/h8-9,12-13,20-21H,4-7,10-11,14-19H2,1-3H3,(H,27,31). The van der Waals surface area contributed by atoms with Gasteiger partial charge in [0, 0.05) is 45.3 Å². The fraction of sp³-hybridized carbons (Fsp3) is 0.654. The van der Waals surface area contributed by atoms with E-state index in [0.717, 1.165) is 17.7 Å². The maximum absolute atomic E-state index is 13.0. The summed E-state index contributed by atoms with van der Waals surface area (Å²) >= 11 is 0. The molecule has 0 aromatic heterocycles. The first kappa shape index (κ1) is 25.2. The Morgan fingerprint density at radius 3 is 2.39 bits per heavy atom. The third-order valence-corrected chi connectivity index (χ3v) is 7.19. The quantitative estimate of drug-likeness (QED) is 0.652. The molecule has 1 heterocycles. The second-order valence-corrected chi connectivity index (χ2v) is 9.55. The van der Waals surface area contributed by atoms with Crippen LogP contribution in [0.4, 0.5) is 5.69 Å². The van der Waals surface area contributed by atoms with Crippen molar-refractivity contribution in [2.75, 3.05) is 45.1 Å². The average Bonchev–Trinajstić information content (AvgIpc) is 2.84. The lowest BCUT2D eigenvalue weighted by Gasteiger charge is -2.39. The highest BCUT2D eigenvalue weighted by Crippen LogP contribution is 2.27. The van der Waals surface area contributed by atoms with Gasteiger partial charge in [-0.3, -0.25) is 19.3 Å². The van der Waals surface area contributed by atoms with Crippen LogP contribution in [0.5, 0.6) is 0 Å². The molecule has 0 bridgehead atoms. The zero-order chi connectivity index (χ0) is 23.8. The van der Waals surface area contributed by atoms with E-state index in [0.29, 0.717) is 38.5 Å². The minimum atomic E-state index is -0.318. The Bertz CT molecular complexity index is 814. The zero-order valence-electron chi connectivity index (χ0n) is 20.5. The Morgan fingerprint density at radius 2 is 1.73 bits per heavy atom. The molecule has 1 aromatic carbocycles. The lowest BCUT2D eigenvalue weighted by molar-refractivity contribution is -0.140. The van der Waals surface area contributed by atoms with Gasteiger partial charge in [0.05, 0.1) is 12.6 Å². The van der Waals surface area contributed by atoms with E-state index in [2.05, 4.69) is 10.2 Å². The summed E-state index contributed by atoms with van der Waals surface area (Å²) in [4.78, 5) is 43.7. The summed E-state index contributed by atoms with van der Waals surface area (Å²) in [6.07, 6.45) is 7.68. The molecule has 1 N–H and O–H groups in total. The summed E-state index contributed by atoms with van der Waals surface area (Å²) in [5, 5.41) is 2.93. The van der Waals surface area contributed by atoms with E-state index in [9.17, 15) is 14.4 Å². The average molecular weight is 457 g/mol. The number of nitrogens with one attached hydrogen (secondary N) is 1. The van der Waals surface area contributed by atoms with Gasteiger partial charge in [0.25, 0.3) is 0 Å². The lowest BCUT2D eigenvalue weighted by atomic mass is 9.86. The van der Waals surface area contributed by atoms with Crippen LogP contribution in [0.15, 0.2) is 24.3 Å². The Hall–Kier alpha value is -2.41. The lowest BCUT2D eigenvalue weighted by Crippen LogP contribution is -2.55. The van der Waals surface area contributed by atoms with Gasteiger partial charge >= 0.3 is 0 Å². The van der Waals surface area contributed by atoms with E-state index in [1.807, 2.05) is 43.0 Å². The number of para-hydroxylation sites is 1. The molecular formula is C26H40N4O3. The summed E-state index contributed by atoms with van der Waals surface area (Å²) in [5.41, 5.74) is 1.87. The van der Waals surface area contributed by atoms with Crippen LogP contribution in [-0.2, 0) is 20.8 Å². The molecule has 7 heteroatoms. The van der Waals surface area contributed by atoms with E-state index >= 15 is 0 Å². The molecule has 0 spiro atoms. The number of anilines is 1. The molecule has 7 nitrogen and oxygen atoms in total. The molecule has 3 amide bonds. The summed E-state index contributed by atoms with van der Waals surface area (Å²) in [5.74, 6) is 0.545. The summed E-state index contributed by atoms with van der Waals surface area (Å²) < 4.78 is 0. The predicted molar refractivity (Wildman–Crippen MR) is 131 cm³/mol. The molecule has 1 saturated heterocycles. The van der Waals surface area contributed by atoms with Crippen molar-refractivity contribution in [2.24, 2.45) is 5.92 Å². The minimum Gasteiger partial charge on any atom is -0.340 e. The van der Waals surface area contributed by atoms with Crippen molar-refractivity contribution in [3.8, 4) is 0 Å². The van der Waals surface area contributed by atoms with Gasteiger partial charge in [-0.25, -0.2) is 0 Å². The number of likely N-dealkylation sites (N-methyl/N-ethyl adjacent to an activating group) is 1. The van der Waals surface area contributed by atoms with Crippen molar-refractivity contribution in [3.63, 3.8) is 0 Å². The molecule has 2 fully saturated rings. The van der Waals surface area contributed by atoms with Gasteiger partial charge in [0.15, 0.2) is 0 Å². The smallest absolute Gasteiger partial charge is 0.243 e. The molecule has 1 aromatic rings. The van der Waals surface area contributed by atoms with E-state index in [-0.39, 0.29) is 30.3 Å². The highest BCUT2D eigenvalue weighted by Gasteiger charge is 2.30. The van der Waals surface area contributed by atoms with Gasteiger partial charge in [-0.05, 0) is 43.7 Å². The van der Waals surface area contributed by atoms with Gasteiger partial charge in [-0.1, -0.05) is 44.4 Å².